The molecule has 3 fully saturated rings. The van der Waals surface area contributed by atoms with Crippen molar-refractivity contribution in [2.24, 2.45) is 0 Å². The van der Waals surface area contributed by atoms with Crippen molar-refractivity contribution < 1.29 is 19.1 Å². The van der Waals surface area contributed by atoms with Crippen molar-refractivity contribution in [1.82, 2.24) is 20.2 Å². The molecule has 1 aromatic rings. The number of aromatic nitrogens is 2. The van der Waals surface area contributed by atoms with Gasteiger partial charge >= 0.3 is 11.8 Å². The van der Waals surface area contributed by atoms with Crippen molar-refractivity contribution in [3.8, 4) is 5.88 Å². The number of nitrogens with one attached hydrogen (secondary N) is 1. The van der Waals surface area contributed by atoms with E-state index in [1.807, 2.05) is 6.07 Å². The lowest BCUT2D eigenvalue weighted by Gasteiger charge is -2.43. The van der Waals surface area contributed by atoms with Crippen LogP contribution >= 0.6 is 0 Å². The Labute approximate surface area is 151 Å². The van der Waals surface area contributed by atoms with Crippen molar-refractivity contribution in [2.75, 3.05) is 51.4 Å². The zero-order valence-corrected chi connectivity index (χ0v) is 14.8. The molecule has 9 nitrogen and oxygen atoms in total. The summed E-state index contributed by atoms with van der Waals surface area (Å²) in [6.45, 7) is 3.68. The minimum atomic E-state index is -0.514. The maximum Gasteiger partial charge on any atom is 0.312 e. The molecule has 1 atom stereocenters. The first kappa shape index (κ1) is 17.0. The number of piperazine rings is 2. The van der Waals surface area contributed by atoms with Crippen LogP contribution in [0.15, 0.2) is 6.07 Å². The summed E-state index contributed by atoms with van der Waals surface area (Å²) in [5.41, 5.74) is 0. The van der Waals surface area contributed by atoms with Crippen LogP contribution in [0.2, 0.25) is 0 Å². The average Bonchev–Trinajstić information content (AvgIpc) is 2.71. The quantitative estimate of drug-likeness (QED) is 0.727. The molecular weight excluding hydrogens is 338 g/mol. The smallest absolute Gasteiger partial charge is 0.312 e. The minimum absolute atomic E-state index is 0.0403. The molecule has 9 heteroatoms. The number of carbonyl (C=O) groups is 2. The molecule has 0 aromatic carbocycles. The van der Waals surface area contributed by atoms with Crippen LogP contribution in [0, 0.1) is 0 Å². The summed E-state index contributed by atoms with van der Waals surface area (Å²) in [7, 11) is 1.60. The lowest BCUT2D eigenvalue weighted by molar-refractivity contribution is -0.150. The molecule has 0 bridgehead atoms. The molecule has 1 N–H and O–H groups in total. The Hall–Kier alpha value is -2.42. The van der Waals surface area contributed by atoms with Crippen LogP contribution in [0.5, 0.6) is 5.88 Å². The Kier molecular flexibility index (Phi) is 4.62. The molecule has 0 saturated carbocycles. The van der Waals surface area contributed by atoms with Crippen LogP contribution in [0.3, 0.4) is 0 Å². The zero-order chi connectivity index (χ0) is 18.1. The number of hydrogen-bond acceptors (Lipinski definition) is 7. The van der Waals surface area contributed by atoms with E-state index < -0.39 is 11.8 Å². The fraction of sp³-hybridized carbons (Fsp3) is 0.647. The van der Waals surface area contributed by atoms with E-state index in [0.29, 0.717) is 32.1 Å². The second kappa shape index (κ2) is 7.06. The fourth-order valence-electron chi connectivity index (χ4n) is 3.76. The molecule has 0 aliphatic carbocycles. The third-order valence-corrected chi connectivity index (χ3v) is 5.26. The van der Waals surface area contributed by atoms with Gasteiger partial charge in [0.1, 0.15) is 11.6 Å². The first-order chi connectivity index (χ1) is 12.7. The highest BCUT2D eigenvalue weighted by Gasteiger charge is 2.38. The number of rotatable bonds is 3. The van der Waals surface area contributed by atoms with Gasteiger partial charge in [-0.05, 0) is 12.8 Å². The SMILES string of the molecule is COc1cc(N2CCN3C(=O)C(=O)NCC3C2)nc(C2CCOCC2)n1. The normalized spacial score (nSPS) is 24.3. The molecule has 140 valence electrons. The molecule has 3 aliphatic heterocycles. The van der Waals surface area contributed by atoms with E-state index >= 15 is 0 Å². The lowest BCUT2D eigenvalue weighted by Crippen LogP contribution is -2.65. The molecule has 0 radical (unpaired) electrons. The molecule has 1 aromatic heterocycles. The van der Waals surface area contributed by atoms with E-state index in [1.165, 1.54) is 0 Å². The number of fused-ring (bicyclic) bond motifs is 1. The van der Waals surface area contributed by atoms with Crippen LogP contribution in [-0.4, -0.2) is 79.2 Å². The molecule has 0 spiro atoms. The molecule has 4 heterocycles. The number of ether oxygens (including phenoxy) is 2. The minimum Gasteiger partial charge on any atom is -0.481 e. The highest BCUT2D eigenvalue weighted by Crippen LogP contribution is 2.29. The highest BCUT2D eigenvalue weighted by atomic mass is 16.5. The van der Waals surface area contributed by atoms with Gasteiger partial charge in [0.2, 0.25) is 5.88 Å². The summed E-state index contributed by atoms with van der Waals surface area (Å²) in [5.74, 6) is 1.46. The predicted octanol–water partition coefficient (Wildman–Crippen LogP) is -0.474. The monoisotopic (exact) mass is 361 g/mol. The topological polar surface area (TPSA) is 96.9 Å². The summed E-state index contributed by atoms with van der Waals surface area (Å²) in [6, 6.07) is 1.79. The van der Waals surface area contributed by atoms with Gasteiger partial charge in [0.15, 0.2) is 0 Å². The van der Waals surface area contributed by atoms with Gasteiger partial charge in [-0.3, -0.25) is 9.59 Å². The number of amides is 2. The van der Waals surface area contributed by atoms with Gasteiger partial charge in [0.05, 0.1) is 13.2 Å². The van der Waals surface area contributed by atoms with Gasteiger partial charge in [0.25, 0.3) is 0 Å². The summed E-state index contributed by atoms with van der Waals surface area (Å²) in [4.78, 5) is 36.7. The first-order valence-electron chi connectivity index (χ1n) is 9.00. The van der Waals surface area contributed by atoms with E-state index in [1.54, 1.807) is 12.0 Å². The largest absolute Gasteiger partial charge is 0.481 e. The molecule has 26 heavy (non-hydrogen) atoms. The summed E-state index contributed by atoms with van der Waals surface area (Å²) in [5, 5.41) is 2.66. The van der Waals surface area contributed by atoms with Gasteiger partial charge < -0.3 is 24.6 Å². The molecule has 3 saturated heterocycles. The van der Waals surface area contributed by atoms with Crippen molar-refractivity contribution in [3.05, 3.63) is 11.9 Å². The summed E-state index contributed by atoms with van der Waals surface area (Å²) >= 11 is 0. The number of carbonyl (C=O) groups excluding carboxylic acids is 2. The standard InChI is InChI=1S/C17H23N5O4/c1-25-14-8-13(19-15(20-14)11-2-6-26-7-3-11)21-4-5-22-12(10-21)9-18-16(23)17(22)24/h8,11-12H,2-7,9-10H2,1H3,(H,18,23). The molecule has 3 aliphatic rings. The number of nitrogens with zero attached hydrogens (tertiary/aromatic N) is 4. The second-order valence-electron chi connectivity index (χ2n) is 6.82. The van der Waals surface area contributed by atoms with Crippen LogP contribution in [0.25, 0.3) is 0 Å². The van der Waals surface area contributed by atoms with Crippen LogP contribution < -0.4 is 15.0 Å². The summed E-state index contributed by atoms with van der Waals surface area (Å²) in [6.07, 6.45) is 1.81. The molecule has 2 amide bonds. The van der Waals surface area contributed by atoms with E-state index in [4.69, 9.17) is 14.5 Å². The Bertz CT molecular complexity index is 706. The van der Waals surface area contributed by atoms with Crippen LogP contribution in [-0.2, 0) is 14.3 Å². The summed E-state index contributed by atoms with van der Waals surface area (Å²) < 4.78 is 10.8. The van der Waals surface area contributed by atoms with Crippen molar-refractivity contribution in [1.29, 1.82) is 0 Å². The first-order valence-corrected chi connectivity index (χ1v) is 9.00. The Balaban J connectivity index is 1.55. The Morgan fingerprint density at radius 1 is 1.23 bits per heavy atom. The molecule has 1 unspecified atom stereocenters. The predicted molar refractivity (Wildman–Crippen MR) is 92.1 cm³/mol. The van der Waals surface area contributed by atoms with Crippen LogP contribution in [0.1, 0.15) is 24.6 Å². The maximum atomic E-state index is 12.0. The van der Waals surface area contributed by atoms with E-state index in [0.717, 1.165) is 37.7 Å². The van der Waals surface area contributed by atoms with Crippen molar-refractivity contribution in [3.63, 3.8) is 0 Å². The van der Waals surface area contributed by atoms with Gasteiger partial charge in [-0.25, -0.2) is 4.98 Å². The number of anilines is 1. The fourth-order valence-corrected chi connectivity index (χ4v) is 3.76. The van der Waals surface area contributed by atoms with E-state index in [-0.39, 0.29) is 12.0 Å². The molecular formula is C17H23N5O4. The van der Waals surface area contributed by atoms with Crippen LogP contribution in [0.4, 0.5) is 5.82 Å². The third kappa shape index (κ3) is 3.18. The zero-order valence-electron chi connectivity index (χ0n) is 14.8. The van der Waals surface area contributed by atoms with Crippen molar-refractivity contribution in [2.45, 2.75) is 24.8 Å². The number of methoxy groups -OCH3 is 1. The van der Waals surface area contributed by atoms with Crippen molar-refractivity contribution >= 4 is 17.6 Å². The average molecular weight is 361 g/mol. The van der Waals surface area contributed by atoms with E-state index in [9.17, 15) is 9.59 Å². The second-order valence-corrected chi connectivity index (χ2v) is 6.82. The lowest BCUT2D eigenvalue weighted by atomic mass is 9.99. The third-order valence-electron chi connectivity index (χ3n) is 5.26. The van der Waals surface area contributed by atoms with E-state index in [2.05, 4.69) is 15.2 Å². The van der Waals surface area contributed by atoms with Gasteiger partial charge in [-0.15, -0.1) is 0 Å². The maximum absolute atomic E-state index is 12.0. The van der Waals surface area contributed by atoms with Gasteiger partial charge in [0, 0.05) is 51.4 Å². The highest BCUT2D eigenvalue weighted by molar-refractivity contribution is 6.35. The Morgan fingerprint density at radius 2 is 2.04 bits per heavy atom. The Morgan fingerprint density at radius 3 is 2.81 bits per heavy atom. The van der Waals surface area contributed by atoms with Gasteiger partial charge in [-0.1, -0.05) is 0 Å². The number of hydrogen-bond donors (Lipinski definition) is 1. The van der Waals surface area contributed by atoms with Gasteiger partial charge in [-0.2, -0.15) is 4.98 Å². The molecule has 4 rings (SSSR count).